The van der Waals surface area contributed by atoms with E-state index in [4.69, 9.17) is 0 Å². The van der Waals surface area contributed by atoms with Gasteiger partial charge in [0.2, 0.25) is 0 Å². The molecule has 0 atom stereocenters. The number of hydrogen-bond donors (Lipinski definition) is 2. The highest BCUT2D eigenvalue weighted by atomic mass is 19.1. The van der Waals surface area contributed by atoms with Crippen LogP contribution in [0.15, 0.2) is 0 Å². The van der Waals surface area contributed by atoms with Crippen LogP contribution in [0, 0.1) is 5.41 Å². The molecule has 0 aromatic rings. The van der Waals surface area contributed by atoms with Crippen LogP contribution in [0.25, 0.3) is 0 Å². The van der Waals surface area contributed by atoms with Gasteiger partial charge in [-0.15, -0.1) is 0 Å². The first-order valence-corrected chi connectivity index (χ1v) is 5.70. The quantitative estimate of drug-likeness (QED) is 0.646. The summed E-state index contributed by atoms with van der Waals surface area (Å²) in [4.78, 5) is 0. The van der Waals surface area contributed by atoms with Crippen molar-refractivity contribution in [1.29, 1.82) is 0 Å². The molecule has 0 radical (unpaired) electrons. The lowest BCUT2D eigenvalue weighted by molar-refractivity contribution is 0.0813. The number of halogens is 1. The molecule has 0 amide bonds. The molecule has 3 heteroatoms. The van der Waals surface area contributed by atoms with Gasteiger partial charge in [-0.2, -0.15) is 0 Å². The van der Waals surface area contributed by atoms with E-state index in [0.29, 0.717) is 6.42 Å². The van der Waals surface area contributed by atoms with Crippen LogP contribution in [0.4, 0.5) is 4.39 Å². The third-order valence-corrected chi connectivity index (χ3v) is 3.24. The molecule has 1 aliphatic rings. The van der Waals surface area contributed by atoms with Crippen molar-refractivity contribution in [2.75, 3.05) is 26.4 Å². The highest BCUT2D eigenvalue weighted by Crippen LogP contribution is 2.35. The Kier molecular flexibility index (Phi) is 5.41. The molecule has 2 nitrogen and oxygen atoms in total. The van der Waals surface area contributed by atoms with Crippen LogP contribution >= 0.6 is 0 Å². The molecule has 0 unspecified atom stereocenters. The molecule has 0 heterocycles. The Hall–Kier alpha value is -0.150. The van der Waals surface area contributed by atoms with Crippen LogP contribution in [0.2, 0.25) is 0 Å². The molecular formula is C11H22FNO. The number of aliphatic hydroxyl groups excluding tert-OH is 1. The molecule has 1 rings (SSSR count). The topological polar surface area (TPSA) is 32.3 Å². The predicted molar refractivity (Wildman–Crippen MR) is 56.1 cm³/mol. The normalized spacial score (nSPS) is 21.0. The Morgan fingerprint density at radius 1 is 1.21 bits per heavy atom. The highest BCUT2D eigenvalue weighted by molar-refractivity contribution is 4.84. The number of alkyl halides is 1. The molecule has 2 N–H and O–H groups in total. The largest absolute Gasteiger partial charge is 0.396 e. The molecule has 0 aromatic heterocycles. The van der Waals surface area contributed by atoms with Gasteiger partial charge in [-0.1, -0.05) is 19.3 Å². The zero-order valence-electron chi connectivity index (χ0n) is 8.90. The number of hydrogen-bond acceptors (Lipinski definition) is 2. The fourth-order valence-corrected chi connectivity index (χ4v) is 2.24. The van der Waals surface area contributed by atoms with E-state index in [1.54, 1.807) is 0 Å². The van der Waals surface area contributed by atoms with Gasteiger partial charge in [0.25, 0.3) is 0 Å². The van der Waals surface area contributed by atoms with E-state index >= 15 is 0 Å². The number of aliphatic hydroxyl groups is 1. The Labute approximate surface area is 85.9 Å². The van der Waals surface area contributed by atoms with Crippen molar-refractivity contribution in [1.82, 2.24) is 5.32 Å². The standard InChI is InChI=1S/C11H22FNO/c12-7-4-8-13-9-11(10-14)5-2-1-3-6-11/h13-14H,1-10H2. The monoisotopic (exact) mass is 203 g/mol. The Bertz CT molecular complexity index is 146. The van der Waals surface area contributed by atoms with Gasteiger partial charge in [0, 0.05) is 18.6 Å². The summed E-state index contributed by atoms with van der Waals surface area (Å²) in [5.74, 6) is 0. The third kappa shape index (κ3) is 3.54. The SMILES string of the molecule is OCC1(CNCCCF)CCCCC1. The summed E-state index contributed by atoms with van der Waals surface area (Å²) >= 11 is 0. The van der Waals surface area contributed by atoms with E-state index in [2.05, 4.69) is 5.32 Å². The first kappa shape index (κ1) is 11.9. The minimum atomic E-state index is -0.251. The first-order valence-electron chi connectivity index (χ1n) is 5.70. The van der Waals surface area contributed by atoms with E-state index in [0.717, 1.165) is 25.9 Å². The number of rotatable bonds is 6. The molecule has 0 spiro atoms. The predicted octanol–water partition coefficient (Wildman–Crippen LogP) is 1.88. The first-order chi connectivity index (χ1) is 6.83. The highest BCUT2D eigenvalue weighted by Gasteiger charge is 2.30. The van der Waals surface area contributed by atoms with Gasteiger partial charge in [0.1, 0.15) is 0 Å². The second-order valence-corrected chi connectivity index (χ2v) is 4.44. The molecule has 14 heavy (non-hydrogen) atoms. The maximum Gasteiger partial charge on any atom is 0.0906 e. The second kappa shape index (κ2) is 6.36. The average Bonchev–Trinajstić information content (AvgIpc) is 2.26. The van der Waals surface area contributed by atoms with Gasteiger partial charge in [0.05, 0.1) is 6.67 Å². The molecule has 0 bridgehead atoms. The van der Waals surface area contributed by atoms with Gasteiger partial charge >= 0.3 is 0 Å². The molecule has 84 valence electrons. The van der Waals surface area contributed by atoms with Gasteiger partial charge < -0.3 is 10.4 Å². The molecule has 0 aliphatic heterocycles. The van der Waals surface area contributed by atoms with Gasteiger partial charge in [-0.3, -0.25) is 4.39 Å². The smallest absolute Gasteiger partial charge is 0.0906 e. The zero-order valence-corrected chi connectivity index (χ0v) is 8.90. The lowest BCUT2D eigenvalue weighted by atomic mass is 9.74. The van der Waals surface area contributed by atoms with Crippen molar-refractivity contribution in [2.45, 2.75) is 38.5 Å². The molecule has 1 aliphatic carbocycles. The van der Waals surface area contributed by atoms with E-state index in [1.807, 2.05) is 0 Å². The summed E-state index contributed by atoms with van der Waals surface area (Å²) in [6, 6.07) is 0. The van der Waals surface area contributed by atoms with Crippen LogP contribution in [-0.4, -0.2) is 31.5 Å². The fourth-order valence-electron chi connectivity index (χ4n) is 2.24. The lowest BCUT2D eigenvalue weighted by Gasteiger charge is -2.35. The lowest BCUT2D eigenvalue weighted by Crippen LogP contribution is -2.39. The summed E-state index contributed by atoms with van der Waals surface area (Å²) in [6.45, 7) is 1.61. The second-order valence-electron chi connectivity index (χ2n) is 4.44. The van der Waals surface area contributed by atoms with E-state index in [1.165, 1.54) is 19.3 Å². The minimum Gasteiger partial charge on any atom is -0.396 e. The van der Waals surface area contributed by atoms with Crippen molar-refractivity contribution in [3.63, 3.8) is 0 Å². The van der Waals surface area contributed by atoms with Gasteiger partial charge in [-0.25, -0.2) is 0 Å². The summed E-state index contributed by atoms with van der Waals surface area (Å²) in [5, 5.41) is 12.6. The van der Waals surface area contributed by atoms with Crippen LogP contribution in [0.5, 0.6) is 0 Å². The van der Waals surface area contributed by atoms with Crippen LogP contribution in [0.3, 0.4) is 0 Å². The summed E-state index contributed by atoms with van der Waals surface area (Å²) in [6.07, 6.45) is 6.57. The van der Waals surface area contributed by atoms with E-state index in [-0.39, 0.29) is 18.7 Å². The van der Waals surface area contributed by atoms with Crippen LogP contribution in [-0.2, 0) is 0 Å². The van der Waals surface area contributed by atoms with Crippen molar-refractivity contribution in [3.05, 3.63) is 0 Å². The Morgan fingerprint density at radius 3 is 2.50 bits per heavy atom. The molecule has 1 saturated carbocycles. The maximum atomic E-state index is 11.8. The maximum absolute atomic E-state index is 11.8. The van der Waals surface area contributed by atoms with Crippen molar-refractivity contribution < 1.29 is 9.50 Å². The molecule has 1 fully saturated rings. The fraction of sp³-hybridized carbons (Fsp3) is 1.00. The zero-order chi connectivity index (χ0) is 10.3. The summed E-state index contributed by atoms with van der Waals surface area (Å²) in [7, 11) is 0. The Morgan fingerprint density at radius 2 is 1.93 bits per heavy atom. The van der Waals surface area contributed by atoms with Crippen LogP contribution < -0.4 is 5.32 Å². The van der Waals surface area contributed by atoms with Crippen molar-refractivity contribution in [2.24, 2.45) is 5.41 Å². The minimum absolute atomic E-state index is 0.0918. The van der Waals surface area contributed by atoms with Gasteiger partial charge in [0.15, 0.2) is 0 Å². The molecular weight excluding hydrogens is 181 g/mol. The number of nitrogens with one attached hydrogen (secondary N) is 1. The van der Waals surface area contributed by atoms with Crippen molar-refractivity contribution in [3.8, 4) is 0 Å². The summed E-state index contributed by atoms with van der Waals surface area (Å²) in [5.41, 5.74) is 0.0918. The molecule has 0 saturated heterocycles. The molecule has 0 aromatic carbocycles. The third-order valence-electron chi connectivity index (χ3n) is 3.24. The summed E-state index contributed by atoms with van der Waals surface area (Å²) < 4.78 is 11.8. The van der Waals surface area contributed by atoms with Crippen LogP contribution in [0.1, 0.15) is 38.5 Å². The average molecular weight is 203 g/mol. The van der Waals surface area contributed by atoms with E-state index < -0.39 is 0 Å². The van der Waals surface area contributed by atoms with Gasteiger partial charge in [-0.05, 0) is 25.8 Å². The van der Waals surface area contributed by atoms with Crippen molar-refractivity contribution >= 4 is 0 Å². The van der Waals surface area contributed by atoms with E-state index in [9.17, 15) is 9.50 Å². The Balaban J connectivity index is 2.22.